The van der Waals surface area contributed by atoms with Crippen LogP contribution in [-0.2, 0) is 0 Å². The number of benzene rings is 9. The number of fused-ring (bicyclic) bond motifs is 9. The summed E-state index contributed by atoms with van der Waals surface area (Å²) in [6, 6.07) is 85.5. The average molecular weight is 1480 g/mol. The molecule has 0 radical (unpaired) electrons. The van der Waals surface area contributed by atoms with Crippen molar-refractivity contribution in [2.24, 2.45) is 0 Å². The molecule has 558 valence electrons. The molecule has 0 fully saturated rings. The molecule has 0 aliphatic carbocycles. The van der Waals surface area contributed by atoms with Gasteiger partial charge in [0.1, 0.15) is 37.0 Å². The van der Waals surface area contributed by atoms with Crippen molar-refractivity contribution in [2.45, 2.75) is 76.2 Å². The van der Waals surface area contributed by atoms with Gasteiger partial charge in [-0.2, -0.15) is 0 Å². The van der Waals surface area contributed by atoms with E-state index in [1.807, 2.05) is 275 Å². The minimum Gasteiger partial charge on any atom is -0.264 e. The molecular formula is C96H89N17. The van der Waals surface area contributed by atoms with Gasteiger partial charge in [-0.15, -0.1) is 0 Å². The Kier molecular flexibility index (Phi) is 30.8. The molecule has 0 saturated heterocycles. The monoisotopic (exact) mass is 1480 g/mol. The maximum atomic E-state index is 4.38. The zero-order valence-electron chi connectivity index (χ0n) is 65.4. The Labute approximate surface area is 659 Å². The van der Waals surface area contributed by atoms with E-state index in [2.05, 4.69) is 184 Å². The SMILES string of the molecule is Cc1cc2ccccc2cn1.Cc1ccc2ccccc2n1.Cc1ccnc2ccccc12.Cc1cnc2ccccc2c1.Cc1cnc2ccccc2n1.Cc1cncc2ccccc12.Cc1cncnc1.Cc1ncc2ccccc2n1.Cc1nccc2ccccc12.Cc1ncnc2ccccc12.Cc1ncncn1. The summed E-state index contributed by atoms with van der Waals surface area (Å²) in [5.41, 5.74) is 17.3. The quantitative estimate of drug-likeness (QED) is 0.138. The standard InChI is InChI=1S/6C10H9N.3C9H8N2.C5H6N2.C4H5N3/c1-8-6-11-7-9-4-2-3-5-10(8)9;1-8-6-9-4-2-3-5-10(9)7-11-8;1-8-6-9-4-2-3-5-10(9)11-7-8;1-8-10-5-3-2-4-9(10)6-7-11-8;1-8-6-7-11-10-5-3-2-4-9(8)10;1-8-6-7-9-4-2-3-5-10(9)11-8;1-7-8-4-2-3-5-9(8)11-6-10-7;1-7-10-6-8-4-2-3-5-9(8)11-7;1-7-6-10-8-4-2-3-5-9(8)11-7;1-5-2-6-4-7-3-5;1-4-6-2-5-3-7-4/h6*2-7H,1H3;3*2-6H,1H3;2-4H,1H3;2-3H,1H3. The van der Waals surface area contributed by atoms with E-state index in [4.69, 9.17) is 0 Å². The number of nitrogens with zero attached hydrogens (tertiary/aromatic N) is 17. The van der Waals surface area contributed by atoms with Crippen molar-refractivity contribution >= 4 is 97.9 Å². The lowest BCUT2D eigenvalue weighted by atomic mass is 10.1. The van der Waals surface area contributed by atoms with Gasteiger partial charge in [0.05, 0.1) is 44.3 Å². The molecule has 17 nitrogen and oxygen atoms in total. The van der Waals surface area contributed by atoms with Crippen molar-refractivity contribution in [2.75, 3.05) is 0 Å². The maximum Gasteiger partial charge on any atom is 0.128 e. The van der Waals surface area contributed by atoms with Gasteiger partial charge >= 0.3 is 0 Å². The van der Waals surface area contributed by atoms with Crippen LogP contribution in [0.1, 0.15) is 62.4 Å². The third kappa shape index (κ3) is 25.9. The van der Waals surface area contributed by atoms with Gasteiger partial charge in [-0.1, -0.05) is 182 Å². The predicted molar refractivity (Wildman–Crippen MR) is 463 cm³/mol. The summed E-state index contributed by atoms with van der Waals surface area (Å²) in [5.74, 6) is 1.58. The Morgan fingerprint density at radius 1 is 0.195 bits per heavy atom. The minimum atomic E-state index is 0.759. The number of para-hydroxylation sites is 7. The van der Waals surface area contributed by atoms with E-state index < -0.39 is 0 Å². The Morgan fingerprint density at radius 3 is 1.36 bits per heavy atom. The van der Waals surface area contributed by atoms with Gasteiger partial charge in [0.2, 0.25) is 0 Å². The van der Waals surface area contributed by atoms with Crippen molar-refractivity contribution < 1.29 is 0 Å². The molecule has 0 atom stereocenters. The molecule has 17 heteroatoms. The van der Waals surface area contributed by atoms with Gasteiger partial charge in [0.15, 0.2) is 0 Å². The molecule has 20 rings (SSSR count). The van der Waals surface area contributed by atoms with Crippen LogP contribution in [0.15, 0.2) is 342 Å². The molecule has 0 spiro atoms. The van der Waals surface area contributed by atoms with Crippen molar-refractivity contribution in [3.05, 3.63) is 404 Å². The Balaban J connectivity index is 0.000000132. The Hall–Kier alpha value is -14.5. The Morgan fingerprint density at radius 2 is 0.717 bits per heavy atom. The van der Waals surface area contributed by atoms with E-state index in [9.17, 15) is 0 Å². The summed E-state index contributed by atoms with van der Waals surface area (Å²) in [6.45, 7) is 21.9. The lowest BCUT2D eigenvalue weighted by Crippen LogP contribution is -1.86. The van der Waals surface area contributed by atoms with Crippen LogP contribution in [0.25, 0.3) is 97.9 Å². The van der Waals surface area contributed by atoms with Crippen LogP contribution in [0.2, 0.25) is 0 Å². The summed E-state index contributed by atoms with van der Waals surface area (Å²) in [4.78, 5) is 69.2. The lowest BCUT2D eigenvalue weighted by molar-refractivity contribution is 0.974. The maximum absolute atomic E-state index is 4.38. The number of aromatic nitrogens is 17. The molecule has 11 heterocycles. The molecule has 113 heavy (non-hydrogen) atoms. The van der Waals surface area contributed by atoms with Crippen LogP contribution >= 0.6 is 0 Å². The summed E-state index contributed by atoms with van der Waals surface area (Å²) < 4.78 is 0. The summed E-state index contributed by atoms with van der Waals surface area (Å²) in [5, 5.41) is 13.4. The van der Waals surface area contributed by atoms with Gasteiger partial charge in [0, 0.05) is 128 Å². The molecule has 0 saturated carbocycles. The average Bonchev–Trinajstić information content (AvgIpc) is 0.847. The van der Waals surface area contributed by atoms with Crippen molar-refractivity contribution in [1.29, 1.82) is 0 Å². The fraction of sp³-hybridized carbons (Fsp3) is 0.115. The second-order valence-electron chi connectivity index (χ2n) is 26.0. The number of pyridine rings is 6. The van der Waals surface area contributed by atoms with E-state index in [1.165, 1.54) is 84.1 Å². The normalized spacial score (nSPS) is 10.1. The van der Waals surface area contributed by atoms with Gasteiger partial charge < -0.3 is 0 Å². The van der Waals surface area contributed by atoms with E-state index in [1.54, 1.807) is 24.9 Å². The molecule has 0 aliphatic rings. The predicted octanol–water partition coefficient (Wildman–Crippen LogP) is 22.0. The van der Waals surface area contributed by atoms with Crippen LogP contribution in [0.4, 0.5) is 0 Å². The highest BCUT2D eigenvalue weighted by Crippen LogP contribution is 2.20. The van der Waals surface area contributed by atoms with E-state index in [-0.39, 0.29) is 0 Å². The van der Waals surface area contributed by atoms with Crippen LogP contribution in [-0.4, -0.2) is 84.7 Å². The first kappa shape index (κ1) is 81.1. The molecule has 0 N–H and O–H groups in total. The molecule has 0 amide bonds. The summed E-state index contributed by atoms with van der Waals surface area (Å²) in [7, 11) is 0. The highest BCUT2D eigenvalue weighted by Gasteiger charge is 2.01. The fourth-order valence-corrected chi connectivity index (χ4v) is 11.2. The first-order valence-electron chi connectivity index (χ1n) is 36.8. The summed E-state index contributed by atoms with van der Waals surface area (Å²) >= 11 is 0. The molecule has 0 bridgehead atoms. The van der Waals surface area contributed by atoms with Gasteiger partial charge in [-0.25, -0.2) is 49.8 Å². The second kappa shape index (κ2) is 42.9. The Bertz CT molecular complexity index is 5490. The van der Waals surface area contributed by atoms with Crippen LogP contribution in [0.5, 0.6) is 0 Å². The third-order valence-electron chi connectivity index (χ3n) is 17.1. The zero-order valence-corrected chi connectivity index (χ0v) is 65.4. The molecule has 0 unspecified atom stereocenters. The molecule has 11 aromatic heterocycles. The largest absolute Gasteiger partial charge is 0.264 e. The first-order valence-corrected chi connectivity index (χ1v) is 36.8. The fourth-order valence-electron chi connectivity index (χ4n) is 11.2. The van der Waals surface area contributed by atoms with Gasteiger partial charge in [-0.3, -0.25) is 34.9 Å². The van der Waals surface area contributed by atoms with E-state index >= 15 is 0 Å². The van der Waals surface area contributed by atoms with E-state index in [0.717, 1.165) is 95.1 Å². The van der Waals surface area contributed by atoms with E-state index in [0.29, 0.717) is 0 Å². The second-order valence-corrected chi connectivity index (χ2v) is 26.0. The zero-order chi connectivity index (χ0) is 79.4. The highest BCUT2D eigenvalue weighted by molar-refractivity contribution is 5.87. The van der Waals surface area contributed by atoms with Crippen molar-refractivity contribution in [1.82, 2.24) is 84.7 Å². The smallest absolute Gasteiger partial charge is 0.128 e. The third-order valence-corrected chi connectivity index (χ3v) is 17.1. The summed E-state index contributed by atoms with van der Waals surface area (Å²) in [6.07, 6.45) is 24.5. The number of hydrogen-bond acceptors (Lipinski definition) is 17. The molecular weight excluding hydrogens is 1390 g/mol. The van der Waals surface area contributed by atoms with Crippen LogP contribution < -0.4 is 0 Å². The van der Waals surface area contributed by atoms with Crippen LogP contribution in [0.3, 0.4) is 0 Å². The molecule has 9 aromatic carbocycles. The topological polar surface area (TPSA) is 219 Å². The minimum absolute atomic E-state index is 0.759. The molecule has 20 aromatic rings. The lowest BCUT2D eigenvalue weighted by Gasteiger charge is -1.98. The van der Waals surface area contributed by atoms with Crippen molar-refractivity contribution in [3.63, 3.8) is 0 Å². The highest BCUT2D eigenvalue weighted by atomic mass is 15.0. The number of hydrogen-bond donors (Lipinski definition) is 0. The number of aryl methyl sites for hydroxylation is 11. The van der Waals surface area contributed by atoms with Gasteiger partial charge in [-0.05, 0) is 187 Å². The first-order chi connectivity index (χ1) is 55.1. The molecule has 0 aliphatic heterocycles. The van der Waals surface area contributed by atoms with Gasteiger partial charge in [0.25, 0.3) is 0 Å². The number of rotatable bonds is 0. The van der Waals surface area contributed by atoms with Crippen LogP contribution in [0, 0.1) is 76.2 Å². The van der Waals surface area contributed by atoms with Crippen molar-refractivity contribution in [3.8, 4) is 0 Å².